The smallest absolute Gasteiger partial charge is 0.326 e. The Morgan fingerprint density at radius 1 is 1.03 bits per heavy atom. The van der Waals surface area contributed by atoms with Gasteiger partial charge in [0.2, 0.25) is 15.9 Å². The topological polar surface area (TPSA) is 101 Å². The summed E-state index contributed by atoms with van der Waals surface area (Å²) in [5.74, 6) is -0.998. The van der Waals surface area contributed by atoms with Crippen LogP contribution in [0.25, 0.3) is 0 Å². The normalized spacial score (nSPS) is 21.3. The molecule has 1 N–H and O–H groups in total. The van der Waals surface area contributed by atoms with Crippen molar-refractivity contribution >= 4 is 31.5 Å². The van der Waals surface area contributed by atoms with E-state index in [1.165, 1.54) is 4.31 Å². The molecule has 1 fully saturated rings. The highest BCUT2D eigenvalue weighted by Crippen LogP contribution is 2.33. The lowest BCUT2D eigenvalue weighted by Crippen LogP contribution is -2.42. The summed E-state index contributed by atoms with van der Waals surface area (Å²) in [6, 6.07) is 3.73. The fourth-order valence-corrected chi connectivity index (χ4v) is 6.57. The van der Waals surface area contributed by atoms with Gasteiger partial charge in [0.05, 0.1) is 9.80 Å². The van der Waals surface area contributed by atoms with Crippen LogP contribution in [-0.2, 0) is 24.7 Å². The molecule has 0 spiro atoms. The third-order valence-electron chi connectivity index (χ3n) is 5.85. The standard InChI is InChI=1S/C21H25F3N2O5S2/c1-14-3-8-19(15(2)13-14)33(30,31)26-11-9-16(10-12-26)20(27)25-17-4-6-18(7-5-17)32(28,29)21(22,23)24/h3-8,15-16H,9-13H2,1-2H3,(H,25,27). The first-order valence-electron chi connectivity index (χ1n) is 10.3. The Morgan fingerprint density at radius 3 is 2.12 bits per heavy atom. The number of allylic oxidation sites excluding steroid dienone is 4. The number of amides is 1. The zero-order chi connectivity index (χ0) is 24.6. The van der Waals surface area contributed by atoms with Crippen molar-refractivity contribution < 1.29 is 34.8 Å². The molecule has 3 rings (SSSR count). The van der Waals surface area contributed by atoms with Crippen LogP contribution in [0.5, 0.6) is 0 Å². The molecule has 12 heteroatoms. The number of alkyl halides is 3. The number of benzene rings is 1. The number of nitrogens with zero attached hydrogens (tertiary/aromatic N) is 1. The SMILES string of the molecule is CC1=CC=C(S(=O)(=O)N2CCC(C(=O)Nc3ccc(S(=O)(=O)C(F)(F)F)cc3)CC2)C(C)C1. The van der Waals surface area contributed by atoms with E-state index in [0.29, 0.717) is 24.2 Å². The van der Waals surface area contributed by atoms with Gasteiger partial charge in [-0.05, 0) is 62.4 Å². The van der Waals surface area contributed by atoms with Crippen molar-refractivity contribution in [1.82, 2.24) is 4.31 Å². The van der Waals surface area contributed by atoms with E-state index in [1.54, 1.807) is 12.2 Å². The second-order valence-corrected chi connectivity index (χ2v) is 12.2. The fourth-order valence-electron chi connectivity index (χ4n) is 3.98. The monoisotopic (exact) mass is 506 g/mol. The van der Waals surface area contributed by atoms with Crippen LogP contribution >= 0.6 is 0 Å². The molecular weight excluding hydrogens is 481 g/mol. The second kappa shape index (κ2) is 9.22. The van der Waals surface area contributed by atoms with E-state index in [0.717, 1.165) is 29.8 Å². The van der Waals surface area contributed by atoms with Gasteiger partial charge >= 0.3 is 5.51 Å². The van der Waals surface area contributed by atoms with Gasteiger partial charge in [-0.2, -0.15) is 17.5 Å². The van der Waals surface area contributed by atoms with Crippen LogP contribution in [0.2, 0.25) is 0 Å². The number of carbonyl (C=O) groups excluding carboxylic acids is 1. The van der Waals surface area contributed by atoms with E-state index in [9.17, 15) is 34.8 Å². The summed E-state index contributed by atoms with van der Waals surface area (Å²) in [6.07, 6.45) is 4.70. The minimum absolute atomic E-state index is 0.120. The van der Waals surface area contributed by atoms with Crippen LogP contribution in [0.4, 0.5) is 18.9 Å². The number of hydrogen-bond donors (Lipinski definition) is 1. The molecule has 1 unspecified atom stereocenters. The van der Waals surface area contributed by atoms with E-state index >= 15 is 0 Å². The van der Waals surface area contributed by atoms with E-state index in [2.05, 4.69) is 5.32 Å². The van der Waals surface area contributed by atoms with Gasteiger partial charge in [-0.1, -0.05) is 18.6 Å². The van der Waals surface area contributed by atoms with Crippen molar-refractivity contribution in [1.29, 1.82) is 0 Å². The van der Waals surface area contributed by atoms with Gasteiger partial charge in [-0.25, -0.2) is 16.8 Å². The second-order valence-electron chi connectivity index (χ2n) is 8.33. The molecule has 1 aliphatic heterocycles. The van der Waals surface area contributed by atoms with Gasteiger partial charge in [0.1, 0.15) is 0 Å². The first-order valence-corrected chi connectivity index (χ1v) is 13.3. The van der Waals surface area contributed by atoms with Crippen LogP contribution in [0.3, 0.4) is 0 Å². The Balaban J connectivity index is 1.61. The number of rotatable bonds is 5. The molecule has 1 saturated heterocycles. The summed E-state index contributed by atoms with van der Waals surface area (Å²) in [5, 5.41) is 2.56. The molecule has 1 amide bonds. The molecule has 7 nitrogen and oxygen atoms in total. The summed E-state index contributed by atoms with van der Waals surface area (Å²) in [6.45, 7) is 4.17. The zero-order valence-electron chi connectivity index (χ0n) is 18.1. The van der Waals surface area contributed by atoms with E-state index < -0.39 is 42.1 Å². The van der Waals surface area contributed by atoms with Gasteiger partial charge in [0, 0.05) is 24.7 Å². The van der Waals surface area contributed by atoms with Gasteiger partial charge in [-0.15, -0.1) is 0 Å². The molecule has 1 heterocycles. The van der Waals surface area contributed by atoms with Crippen LogP contribution in [0.1, 0.15) is 33.1 Å². The molecule has 0 radical (unpaired) electrons. The van der Waals surface area contributed by atoms with Crippen molar-refractivity contribution in [2.45, 2.75) is 43.5 Å². The summed E-state index contributed by atoms with van der Waals surface area (Å²) < 4.78 is 88.1. The third-order valence-corrected chi connectivity index (χ3v) is 9.53. The van der Waals surface area contributed by atoms with Crippen LogP contribution in [-0.4, -0.2) is 45.6 Å². The molecule has 0 saturated carbocycles. The maximum atomic E-state index is 13.0. The van der Waals surface area contributed by atoms with Gasteiger partial charge < -0.3 is 5.32 Å². The van der Waals surface area contributed by atoms with Crippen molar-refractivity contribution in [2.24, 2.45) is 11.8 Å². The molecule has 2 aliphatic rings. The minimum Gasteiger partial charge on any atom is -0.326 e. The molecular formula is C21H25F3N2O5S2. The first kappa shape index (κ1) is 25.4. The summed E-state index contributed by atoms with van der Waals surface area (Å²) in [4.78, 5) is 12.0. The highest BCUT2D eigenvalue weighted by molar-refractivity contribution is 7.93. The number of sulfone groups is 1. The lowest BCUT2D eigenvalue weighted by molar-refractivity contribution is -0.120. The first-order chi connectivity index (χ1) is 15.2. The molecule has 0 aromatic heterocycles. The molecule has 1 aliphatic carbocycles. The molecule has 33 heavy (non-hydrogen) atoms. The number of sulfonamides is 1. The lowest BCUT2D eigenvalue weighted by Gasteiger charge is -2.33. The molecule has 0 bridgehead atoms. The number of nitrogens with one attached hydrogen (secondary N) is 1. The maximum Gasteiger partial charge on any atom is 0.501 e. The Morgan fingerprint density at radius 2 is 1.61 bits per heavy atom. The largest absolute Gasteiger partial charge is 0.501 e. The average molecular weight is 507 g/mol. The van der Waals surface area contributed by atoms with E-state index in [-0.39, 0.29) is 24.7 Å². The van der Waals surface area contributed by atoms with Gasteiger partial charge in [0.15, 0.2) is 0 Å². The fraction of sp³-hybridized carbons (Fsp3) is 0.476. The molecule has 1 aromatic carbocycles. The number of carbonyl (C=O) groups is 1. The van der Waals surface area contributed by atoms with Crippen molar-refractivity contribution in [3.05, 3.63) is 46.9 Å². The predicted octanol–water partition coefficient (Wildman–Crippen LogP) is 3.83. The predicted molar refractivity (Wildman–Crippen MR) is 117 cm³/mol. The number of halogens is 3. The minimum atomic E-state index is -5.46. The Kier molecular flexibility index (Phi) is 7.11. The molecule has 182 valence electrons. The third kappa shape index (κ3) is 5.33. The Bertz CT molecular complexity index is 1180. The number of anilines is 1. The zero-order valence-corrected chi connectivity index (χ0v) is 19.7. The van der Waals surface area contributed by atoms with E-state index in [4.69, 9.17) is 0 Å². The van der Waals surface area contributed by atoms with Crippen molar-refractivity contribution in [2.75, 3.05) is 18.4 Å². The van der Waals surface area contributed by atoms with Crippen LogP contribution in [0, 0.1) is 11.8 Å². The summed E-state index contributed by atoms with van der Waals surface area (Å²) in [7, 11) is -9.09. The quantitative estimate of drug-likeness (QED) is 0.654. The maximum absolute atomic E-state index is 13.0. The molecule has 1 aromatic rings. The lowest BCUT2D eigenvalue weighted by atomic mass is 9.97. The van der Waals surface area contributed by atoms with Gasteiger partial charge in [0.25, 0.3) is 9.84 Å². The summed E-state index contributed by atoms with van der Waals surface area (Å²) in [5.41, 5.74) is -4.15. The Hall–Kier alpha value is -2.18. The Labute approximate surface area is 191 Å². The van der Waals surface area contributed by atoms with Crippen molar-refractivity contribution in [3.8, 4) is 0 Å². The average Bonchev–Trinajstić information content (AvgIpc) is 2.73. The van der Waals surface area contributed by atoms with Crippen molar-refractivity contribution in [3.63, 3.8) is 0 Å². The highest BCUT2D eigenvalue weighted by atomic mass is 32.2. The molecule has 1 atom stereocenters. The van der Waals surface area contributed by atoms with E-state index in [1.807, 2.05) is 13.8 Å². The van der Waals surface area contributed by atoms with Crippen LogP contribution < -0.4 is 5.32 Å². The highest BCUT2D eigenvalue weighted by Gasteiger charge is 2.46. The van der Waals surface area contributed by atoms with Gasteiger partial charge in [-0.3, -0.25) is 4.79 Å². The summed E-state index contributed by atoms with van der Waals surface area (Å²) >= 11 is 0. The number of piperidine rings is 1. The number of hydrogen-bond acceptors (Lipinski definition) is 5. The van der Waals surface area contributed by atoms with Crippen LogP contribution in [0.15, 0.2) is 51.8 Å².